The van der Waals surface area contributed by atoms with Gasteiger partial charge in [-0.25, -0.2) is 0 Å². The molecular formula is C30H31NO6. The van der Waals surface area contributed by atoms with Crippen molar-refractivity contribution in [1.82, 2.24) is 4.90 Å². The van der Waals surface area contributed by atoms with Crippen LogP contribution in [0.25, 0.3) is 6.08 Å². The van der Waals surface area contributed by atoms with Gasteiger partial charge in [-0.15, -0.1) is 0 Å². The first-order valence-corrected chi connectivity index (χ1v) is 12.2. The monoisotopic (exact) mass is 501 g/mol. The van der Waals surface area contributed by atoms with Gasteiger partial charge in [0.2, 0.25) is 0 Å². The molecule has 2 heterocycles. The maximum atomic E-state index is 13.4. The minimum Gasteiger partial charge on any atom is -0.503 e. The first-order valence-electron chi connectivity index (χ1n) is 12.2. The molecule has 0 spiro atoms. The number of rotatable bonds is 11. The van der Waals surface area contributed by atoms with Crippen LogP contribution in [0.4, 0.5) is 0 Å². The van der Waals surface area contributed by atoms with Crippen LogP contribution in [0.2, 0.25) is 0 Å². The van der Waals surface area contributed by atoms with Gasteiger partial charge in [-0.05, 0) is 53.8 Å². The molecule has 1 N–H and O–H groups in total. The Balaban J connectivity index is 1.70. The molecule has 0 saturated carbocycles. The van der Waals surface area contributed by atoms with E-state index in [1.54, 1.807) is 36.4 Å². The molecule has 0 saturated heterocycles. The third-order valence-electron chi connectivity index (χ3n) is 6.16. The second kappa shape index (κ2) is 11.6. The molecule has 1 atom stereocenters. The Bertz CT molecular complexity index is 1290. The summed E-state index contributed by atoms with van der Waals surface area (Å²) in [4.78, 5) is 28.0. The third-order valence-corrected chi connectivity index (χ3v) is 6.16. The van der Waals surface area contributed by atoms with Crippen molar-refractivity contribution < 1.29 is 28.6 Å². The van der Waals surface area contributed by atoms with Crippen molar-refractivity contribution in [2.75, 3.05) is 13.7 Å². The molecule has 1 aromatic heterocycles. The Kier molecular flexibility index (Phi) is 8.13. The number of nitrogens with zero attached hydrogens (tertiary/aromatic N) is 1. The quantitative estimate of drug-likeness (QED) is 0.330. The third kappa shape index (κ3) is 5.94. The zero-order chi connectivity index (χ0) is 26.4. The van der Waals surface area contributed by atoms with Gasteiger partial charge in [-0.1, -0.05) is 56.3 Å². The van der Waals surface area contributed by atoms with E-state index < -0.39 is 23.5 Å². The molecule has 1 aliphatic rings. The number of aliphatic hydroxyl groups is 1. The summed E-state index contributed by atoms with van der Waals surface area (Å²) in [7, 11) is 1.54. The molecule has 4 rings (SSSR count). The number of carbonyl (C=O) groups excluding carboxylic acids is 2. The Morgan fingerprint density at radius 2 is 1.89 bits per heavy atom. The summed E-state index contributed by atoms with van der Waals surface area (Å²) in [5, 5.41) is 10.9. The molecule has 0 radical (unpaired) electrons. The minimum atomic E-state index is -0.843. The van der Waals surface area contributed by atoms with Crippen molar-refractivity contribution in [3.8, 4) is 11.5 Å². The molecule has 1 amide bonds. The van der Waals surface area contributed by atoms with Crippen LogP contribution in [0.1, 0.15) is 43.2 Å². The smallest absolute Gasteiger partial charge is 0.290 e. The number of benzene rings is 2. The molecule has 1 aliphatic heterocycles. The molecule has 1 unspecified atom stereocenters. The van der Waals surface area contributed by atoms with Crippen LogP contribution in [0, 0.1) is 5.92 Å². The van der Waals surface area contributed by atoms with E-state index in [9.17, 15) is 14.7 Å². The molecule has 2 aromatic carbocycles. The largest absolute Gasteiger partial charge is 0.503 e. The number of amides is 1. The fraction of sp³-hybridized carbons (Fsp3) is 0.267. The number of hydrogen-bond acceptors (Lipinski definition) is 6. The molecule has 7 nitrogen and oxygen atoms in total. The molecule has 37 heavy (non-hydrogen) atoms. The number of ketones is 1. The van der Waals surface area contributed by atoms with Crippen molar-refractivity contribution >= 4 is 17.8 Å². The fourth-order valence-electron chi connectivity index (χ4n) is 4.19. The molecule has 192 valence electrons. The lowest BCUT2D eigenvalue weighted by atomic mass is 9.95. The Morgan fingerprint density at radius 3 is 2.57 bits per heavy atom. The highest BCUT2D eigenvalue weighted by molar-refractivity contribution is 6.14. The summed E-state index contributed by atoms with van der Waals surface area (Å²) in [5.41, 5.74) is 1.43. The summed E-state index contributed by atoms with van der Waals surface area (Å²) in [6, 6.07) is 17.2. The lowest BCUT2D eigenvalue weighted by Gasteiger charge is -2.26. The summed E-state index contributed by atoms with van der Waals surface area (Å²) in [6.45, 7) is 4.86. The minimum absolute atomic E-state index is 0.000679. The van der Waals surface area contributed by atoms with Gasteiger partial charge < -0.3 is 23.9 Å². The van der Waals surface area contributed by atoms with Gasteiger partial charge in [0.05, 0.1) is 38.1 Å². The van der Waals surface area contributed by atoms with Gasteiger partial charge in [0, 0.05) is 0 Å². The number of ether oxygens (including phenoxy) is 2. The fourth-order valence-corrected chi connectivity index (χ4v) is 4.19. The topological polar surface area (TPSA) is 89.2 Å². The van der Waals surface area contributed by atoms with E-state index in [0.29, 0.717) is 35.3 Å². The van der Waals surface area contributed by atoms with E-state index in [2.05, 4.69) is 13.8 Å². The first-order chi connectivity index (χ1) is 17.9. The van der Waals surface area contributed by atoms with Gasteiger partial charge in [-0.2, -0.15) is 0 Å². The van der Waals surface area contributed by atoms with Crippen molar-refractivity contribution in [3.05, 3.63) is 101 Å². The summed E-state index contributed by atoms with van der Waals surface area (Å²) in [6.07, 6.45) is 5.44. The lowest BCUT2D eigenvalue weighted by Crippen LogP contribution is -2.30. The van der Waals surface area contributed by atoms with Crippen LogP contribution in [-0.4, -0.2) is 35.4 Å². The van der Waals surface area contributed by atoms with Crippen LogP contribution in [0.15, 0.2) is 88.8 Å². The van der Waals surface area contributed by atoms with Gasteiger partial charge in [0.1, 0.15) is 5.76 Å². The summed E-state index contributed by atoms with van der Waals surface area (Å²) in [5.74, 6) is 0.391. The molecule has 7 heteroatoms. The van der Waals surface area contributed by atoms with Crippen molar-refractivity contribution in [1.29, 1.82) is 0 Å². The van der Waals surface area contributed by atoms with E-state index in [0.717, 1.165) is 12.0 Å². The van der Waals surface area contributed by atoms with Crippen molar-refractivity contribution in [3.63, 3.8) is 0 Å². The van der Waals surface area contributed by atoms with Crippen LogP contribution >= 0.6 is 0 Å². The predicted octanol–water partition coefficient (Wildman–Crippen LogP) is 5.89. The molecule has 0 fully saturated rings. The number of allylic oxidation sites excluding steroid dienone is 1. The zero-order valence-corrected chi connectivity index (χ0v) is 21.2. The highest BCUT2D eigenvalue weighted by Gasteiger charge is 2.43. The lowest BCUT2D eigenvalue weighted by molar-refractivity contribution is -0.130. The highest BCUT2D eigenvalue weighted by Crippen LogP contribution is 2.42. The number of methoxy groups -OCH3 is 1. The average molecular weight is 502 g/mol. The molecule has 0 bridgehead atoms. The van der Waals surface area contributed by atoms with Crippen molar-refractivity contribution in [2.24, 2.45) is 5.92 Å². The number of aliphatic hydroxyl groups excluding tert-OH is 1. The van der Waals surface area contributed by atoms with Gasteiger partial charge in [-0.3, -0.25) is 9.59 Å². The Labute approximate surface area is 216 Å². The zero-order valence-electron chi connectivity index (χ0n) is 21.2. The maximum Gasteiger partial charge on any atom is 0.290 e. The molecule has 0 aliphatic carbocycles. The second-order valence-electron chi connectivity index (χ2n) is 9.23. The first kappa shape index (κ1) is 25.8. The maximum absolute atomic E-state index is 13.4. The Hall–Kier alpha value is -4.26. The number of furan rings is 1. The highest BCUT2D eigenvalue weighted by atomic mass is 16.5. The average Bonchev–Trinajstić information content (AvgIpc) is 3.50. The van der Waals surface area contributed by atoms with Gasteiger partial charge in [0.15, 0.2) is 23.0 Å². The predicted molar refractivity (Wildman–Crippen MR) is 140 cm³/mol. The van der Waals surface area contributed by atoms with Crippen LogP contribution in [-0.2, 0) is 16.1 Å². The SMILES string of the molecule is COc1cc(C2C(C(=O)C=Cc3ccccc3)=C(O)C(=O)N2Cc2ccco2)ccc1OCCC(C)C. The molecule has 3 aromatic rings. The second-order valence-corrected chi connectivity index (χ2v) is 9.23. The van der Waals surface area contributed by atoms with E-state index in [-0.39, 0.29) is 12.1 Å². The van der Waals surface area contributed by atoms with Crippen LogP contribution in [0.5, 0.6) is 11.5 Å². The van der Waals surface area contributed by atoms with E-state index >= 15 is 0 Å². The van der Waals surface area contributed by atoms with E-state index in [4.69, 9.17) is 13.9 Å². The van der Waals surface area contributed by atoms with E-state index in [1.165, 1.54) is 24.3 Å². The normalized spacial score (nSPS) is 15.7. The summed E-state index contributed by atoms with van der Waals surface area (Å²) >= 11 is 0. The van der Waals surface area contributed by atoms with Gasteiger partial charge >= 0.3 is 0 Å². The van der Waals surface area contributed by atoms with Crippen LogP contribution < -0.4 is 9.47 Å². The standard InChI is InChI=1S/C30H31NO6/c1-20(2)15-17-37-25-14-12-22(18-26(25)35-3)28-27(24(32)13-11-21-8-5-4-6-9-21)29(33)30(34)31(28)19-23-10-7-16-36-23/h4-14,16,18,20,28,33H,15,17,19H2,1-3H3. The van der Waals surface area contributed by atoms with Gasteiger partial charge in [0.25, 0.3) is 5.91 Å². The number of carbonyl (C=O) groups is 2. The molecular weight excluding hydrogens is 470 g/mol. The van der Waals surface area contributed by atoms with Crippen LogP contribution in [0.3, 0.4) is 0 Å². The van der Waals surface area contributed by atoms with Crippen molar-refractivity contribution in [2.45, 2.75) is 32.9 Å². The summed E-state index contributed by atoms with van der Waals surface area (Å²) < 4.78 is 16.9. The van der Waals surface area contributed by atoms with E-state index in [1.807, 2.05) is 30.3 Å². The Morgan fingerprint density at radius 1 is 1.11 bits per heavy atom. The number of hydrogen-bond donors (Lipinski definition) is 1.